The number of methoxy groups -OCH3 is 1. The first-order valence-electron chi connectivity index (χ1n) is 10.7. The maximum Gasteiger partial charge on any atom is 0.271 e. The highest BCUT2D eigenvalue weighted by Gasteiger charge is 2.14. The summed E-state index contributed by atoms with van der Waals surface area (Å²) < 4.78 is 18.1. The van der Waals surface area contributed by atoms with Gasteiger partial charge >= 0.3 is 0 Å². The van der Waals surface area contributed by atoms with Gasteiger partial charge in [0.2, 0.25) is 0 Å². The first-order chi connectivity index (χ1) is 16.3. The topological polar surface area (TPSA) is 82.0 Å². The van der Waals surface area contributed by atoms with E-state index in [0.29, 0.717) is 30.3 Å². The third-order valence-corrected chi connectivity index (χ3v) is 5.69. The average molecular weight is 573 g/mol. The van der Waals surface area contributed by atoms with E-state index in [1.807, 2.05) is 18.2 Å². The fourth-order valence-electron chi connectivity index (χ4n) is 3.04. The van der Waals surface area contributed by atoms with Crippen LogP contribution in [0.1, 0.15) is 42.3 Å². The van der Waals surface area contributed by atoms with Crippen LogP contribution in [0.15, 0.2) is 66.0 Å². The van der Waals surface area contributed by atoms with Crippen molar-refractivity contribution in [2.45, 2.75) is 26.2 Å². The number of halogens is 1. The molecule has 0 saturated heterocycles. The number of hydrazone groups is 1. The third kappa shape index (κ3) is 7.18. The predicted octanol–water partition coefficient (Wildman–Crippen LogP) is 5.21. The number of nitrogens with zero attached hydrogens (tertiary/aromatic N) is 2. The van der Waals surface area contributed by atoms with E-state index in [9.17, 15) is 4.79 Å². The number of hydrogen-bond acceptors (Lipinski definition) is 6. The third-order valence-electron chi connectivity index (χ3n) is 4.89. The zero-order valence-corrected chi connectivity index (χ0v) is 21.8. The molecule has 3 aromatic rings. The molecule has 0 saturated carbocycles. The number of ether oxygens (including phenoxy) is 3. The van der Waals surface area contributed by atoms with Gasteiger partial charge in [0.05, 0.1) is 16.9 Å². The quantitative estimate of drug-likeness (QED) is 0.165. The van der Waals surface area contributed by atoms with Crippen molar-refractivity contribution in [3.8, 4) is 17.2 Å². The minimum Gasteiger partial charge on any atom is -0.493 e. The maximum absolute atomic E-state index is 12.1. The standard InChI is InChI=1S/C26H28IN3O4/c1-26(2,3)20-5-7-21(8-6-20)33-13-14-34-24-22(27)15-18(16-23(24)32-4)17-29-30-25(31)19-9-11-28-12-10-19/h5-12,15-17H,13-14H2,1-4H3,(H,30,31)/b29-17+. The average Bonchev–Trinajstić information content (AvgIpc) is 2.82. The van der Waals surface area contributed by atoms with E-state index in [1.54, 1.807) is 43.9 Å². The predicted molar refractivity (Wildman–Crippen MR) is 141 cm³/mol. The van der Waals surface area contributed by atoms with Crippen molar-refractivity contribution in [2.75, 3.05) is 20.3 Å². The monoisotopic (exact) mass is 573 g/mol. The second-order valence-corrected chi connectivity index (χ2v) is 9.60. The van der Waals surface area contributed by atoms with Crippen molar-refractivity contribution in [3.63, 3.8) is 0 Å². The summed E-state index contributed by atoms with van der Waals surface area (Å²) in [6.45, 7) is 7.31. The van der Waals surface area contributed by atoms with Crippen molar-refractivity contribution in [1.29, 1.82) is 0 Å². The molecule has 0 spiro atoms. The second kappa shape index (κ2) is 11.8. The summed E-state index contributed by atoms with van der Waals surface area (Å²) in [6.07, 6.45) is 4.66. The van der Waals surface area contributed by atoms with Crippen molar-refractivity contribution in [2.24, 2.45) is 5.10 Å². The second-order valence-electron chi connectivity index (χ2n) is 8.44. The minimum atomic E-state index is -0.312. The van der Waals surface area contributed by atoms with Crippen LogP contribution in [0.2, 0.25) is 0 Å². The Hall–Kier alpha value is -3.14. The molecule has 1 amide bonds. The zero-order valence-electron chi connectivity index (χ0n) is 19.7. The molecule has 1 aromatic heterocycles. The van der Waals surface area contributed by atoms with Gasteiger partial charge in [-0.1, -0.05) is 32.9 Å². The summed E-state index contributed by atoms with van der Waals surface area (Å²) in [5, 5.41) is 4.03. The van der Waals surface area contributed by atoms with Crippen LogP contribution >= 0.6 is 22.6 Å². The van der Waals surface area contributed by atoms with Crippen LogP contribution in [-0.4, -0.2) is 37.4 Å². The molecular weight excluding hydrogens is 545 g/mol. The Balaban J connectivity index is 1.55. The highest BCUT2D eigenvalue weighted by molar-refractivity contribution is 14.1. The molecular formula is C26H28IN3O4. The van der Waals surface area contributed by atoms with Crippen LogP contribution in [0, 0.1) is 3.57 Å². The van der Waals surface area contributed by atoms with Crippen LogP contribution < -0.4 is 19.6 Å². The number of carbonyl (C=O) groups excluding carboxylic acids is 1. The number of nitrogens with one attached hydrogen (secondary N) is 1. The molecule has 0 aliphatic rings. The van der Waals surface area contributed by atoms with Crippen LogP contribution in [0.5, 0.6) is 17.2 Å². The molecule has 0 radical (unpaired) electrons. The molecule has 1 N–H and O–H groups in total. The van der Waals surface area contributed by atoms with Crippen molar-refractivity contribution >= 4 is 34.7 Å². The lowest BCUT2D eigenvalue weighted by Crippen LogP contribution is -2.17. The van der Waals surface area contributed by atoms with Crippen molar-refractivity contribution < 1.29 is 19.0 Å². The van der Waals surface area contributed by atoms with Crippen LogP contribution in [-0.2, 0) is 5.41 Å². The Bertz CT molecular complexity index is 1130. The molecule has 34 heavy (non-hydrogen) atoms. The summed E-state index contributed by atoms with van der Waals surface area (Å²) in [5.74, 6) is 1.70. The number of rotatable bonds is 9. The molecule has 0 fully saturated rings. The van der Waals surface area contributed by atoms with Crippen LogP contribution in [0.4, 0.5) is 0 Å². The summed E-state index contributed by atoms with van der Waals surface area (Å²) >= 11 is 2.18. The van der Waals surface area contributed by atoms with Crippen molar-refractivity contribution in [3.05, 3.63) is 81.2 Å². The Kier molecular flexibility index (Phi) is 8.86. The highest BCUT2D eigenvalue weighted by atomic mass is 127. The lowest BCUT2D eigenvalue weighted by atomic mass is 9.87. The van der Waals surface area contributed by atoms with Gasteiger partial charge in [0.15, 0.2) is 11.5 Å². The molecule has 3 rings (SSSR count). The fraction of sp³-hybridized carbons (Fsp3) is 0.269. The number of benzene rings is 2. The van der Waals surface area contributed by atoms with Gasteiger partial charge in [-0.3, -0.25) is 9.78 Å². The van der Waals surface area contributed by atoms with E-state index in [0.717, 1.165) is 14.9 Å². The molecule has 0 aliphatic heterocycles. The first kappa shape index (κ1) is 25.5. The van der Waals surface area contributed by atoms with Gasteiger partial charge in [-0.15, -0.1) is 0 Å². The molecule has 2 aromatic carbocycles. The summed E-state index contributed by atoms with van der Waals surface area (Å²) in [7, 11) is 1.58. The van der Waals surface area contributed by atoms with E-state index in [4.69, 9.17) is 14.2 Å². The summed E-state index contributed by atoms with van der Waals surface area (Å²) in [5.41, 5.74) is 5.11. The van der Waals surface area contributed by atoms with E-state index >= 15 is 0 Å². The molecule has 0 bridgehead atoms. The summed E-state index contributed by atoms with van der Waals surface area (Å²) in [6, 6.07) is 15.1. The minimum absolute atomic E-state index is 0.108. The molecule has 0 unspecified atom stereocenters. The molecule has 1 heterocycles. The van der Waals surface area contributed by atoms with E-state index in [-0.39, 0.29) is 11.3 Å². The van der Waals surface area contributed by atoms with Gasteiger partial charge in [-0.25, -0.2) is 5.43 Å². The lowest BCUT2D eigenvalue weighted by molar-refractivity contribution is 0.0955. The molecule has 0 aliphatic carbocycles. The molecule has 8 heteroatoms. The maximum atomic E-state index is 12.1. The van der Waals surface area contributed by atoms with E-state index in [2.05, 4.69) is 71.0 Å². The zero-order chi connectivity index (χ0) is 24.6. The van der Waals surface area contributed by atoms with Crippen LogP contribution in [0.3, 0.4) is 0 Å². The number of amides is 1. The largest absolute Gasteiger partial charge is 0.493 e. The first-order valence-corrected chi connectivity index (χ1v) is 11.8. The smallest absolute Gasteiger partial charge is 0.271 e. The van der Waals surface area contributed by atoms with E-state index < -0.39 is 0 Å². The van der Waals surface area contributed by atoms with Gasteiger partial charge in [0.1, 0.15) is 19.0 Å². The lowest BCUT2D eigenvalue weighted by Gasteiger charge is -2.19. The summed E-state index contributed by atoms with van der Waals surface area (Å²) in [4.78, 5) is 16.0. The SMILES string of the molecule is COc1cc(/C=N/NC(=O)c2ccncc2)cc(I)c1OCCOc1ccc(C(C)(C)C)cc1. The van der Waals surface area contributed by atoms with Gasteiger partial charge in [-0.2, -0.15) is 5.10 Å². The van der Waals surface area contributed by atoms with Gasteiger partial charge in [-0.05, 0) is 75.5 Å². The highest BCUT2D eigenvalue weighted by Crippen LogP contribution is 2.33. The number of hydrogen-bond donors (Lipinski definition) is 1. The van der Waals surface area contributed by atoms with Crippen molar-refractivity contribution in [1.82, 2.24) is 10.4 Å². The number of carbonyl (C=O) groups is 1. The number of pyridine rings is 1. The normalized spacial score (nSPS) is 11.3. The van der Waals surface area contributed by atoms with Gasteiger partial charge < -0.3 is 14.2 Å². The fourth-order valence-corrected chi connectivity index (χ4v) is 3.82. The molecule has 178 valence electrons. The van der Waals surface area contributed by atoms with Gasteiger partial charge in [0, 0.05) is 18.0 Å². The Morgan fingerprint density at radius 3 is 2.38 bits per heavy atom. The van der Waals surface area contributed by atoms with Gasteiger partial charge in [0.25, 0.3) is 5.91 Å². The molecule has 0 atom stereocenters. The van der Waals surface area contributed by atoms with Crippen LogP contribution in [0.25, 0.3) is 0 Å². The van der Waals surface area contributed by atoms with E-state index in [1.165, 1.54) is 5.56 Å². The number of aromatic nitrogens is 1. The molecule has 7 nitrogen and oxygen atoms in total. The Morgan fingerprint density at radius 1 is 1.06 bits per heavy atom. The Labute approximate surface area is 213 Å². The Morgan fingerprint density at radius 2 is 1.74 bits per heavy atom.